The Labute approximate surface area is 128 Å². The molecule has 2 nitrogen and oxygen atoms in total. The van der Waals surface area contributed by atoms with Gasteiger partial charge in [-0.2, -0.15) is 0 Å². The summed E-state index contributed by atoms with van der Waals surface area (Å²) in [5.41, 5.74) is 2.44. The van der Waals surface area contributed by atoms with E-state index in [1.165, 1.54) is 0 Å². The van der Waals surface area contributed by atoms with Gasteiger partial charge in [0.15, 0.2) is 5.78 Å². The quantitative estimate of drug-likeness (QED) is 0.763. The largest absolute Gasteiger partial charge is 0.496 e. The van der Waals surface area contributed by atoms with Gasteiger partial charge in [-0.25, -0.2) is 0 Å². The zero-order chi connectivity index (χ0) is 14.7. The molecule has 0 spiro atoms. The fraction of sp³-hybridized carbons (Fsp3) is 0.188. The molecule has 0 N–H and O–H groups in total. The van der Waals surface area contributed by atoms with Gasteiger partial charge >= 0.3 is 0 Å². The van der Waals surface area contributed by atoms with Crippen LogP contribution in [-0.4, -0.2) is 12.9 Å². The molecule has 0 heterocycles. The van der Waals surface area contributed by atoms with Crippen molar-refractivity contribution in [2.75, 3.05) is 7.11 Å². The van der Waals surface area contributed by atoms with Gasteiger partial charge in [0, 0.05) is 27.6 Å². The normalized spacial score (nSPS) is 10.4. The molecule has 0 saturated heterocycles. The molecular weight excluding hydrogens is 295 g/mol. The van der Waals surface area contributed by atoms with E-state index < -0.39 is 0 Å². The van der Waals surface area contributed by atoms with Crippen molar-refractivity contribution >= 4 is 29.0 Å². The van der Waals surface area contributed by atoms with Gasteiger partial charge in [0.25, 0.3) is 0 Å². The van der Waals surface area contributed by atoms with Crippen molar-refractivity contribution in [3.63, 3.8) is 0 Å². The second-order valence-electron chi connectivity index (χ2n) is 4.57. The van der Waals surface area contributed by atoms with E-state index in [0.29, 0.717) is 21.4 Å². The lowest BCUT2D eigenvalue weighted by molar-refractivity contribution is 0.0992. The molecule has 0 aromatic heterocycles. The van der Waals surface area contributed by atoms with Gasteiger partial charge in [-0.05, 0) is 31.2 Å². The third-order valence-electron chi connectivity index (χ3n) is 2.97. The molecule has 2 rings (SSSR count). The maximum atomic E-state index is 12.3. The van der Waals surface area contributed by atoms with E-state index in [2.05, 4.69) is 0 Å². The summed E-state index contributed by atoms with van der Waals surface area (Å²) in [5.74, 6) is 0.662. The molecule has 0 aliphatic rings. The van der Waals surface area contributed by atoms with Crippen LogP contribution >= 0.6 is 23.2 Å². The van der Waals surface area contributed by atoms with E-state index in [0.717, 1.165) is 11.1 Å². The Bertz CT molecular complexity index is 631. The molecule has 104 valence electrons. The van der Waals surface area contributed by atoms with Crippen LogP contribution in [0.25, 0.3) is 0 Å². The van der Waals surface area contributed by atoms with Crippen LogP contribution in [0, 0.1) is 6.92 Å². The molecule has 0 atom stereocenters. The van der Waals surface area contributed by atoms with Gasteiger partial charge in [-0.1, -0.05) is 40.9 Å². The zero-order valence-electron chi connectivity index (χ0n) is 11.2. The minimum Gasteiger partial charge on any atom is -0.496 e. The van der Waals surface area contributed by atoms with Crippen molar-refractivity contribution in [3.8, 4) is 5.75 Å². The van der Waals surface area contributed by atoms with E-state index in [-0.39, 0.29) is 12.2 Å². The Morgan fingerprint density at radius 2 is 1.75 bits per heavy atom. The predicted octanol–water partition coefficient (Wildman–Crippen LogP) is 4.74. The molecule has 0 radical (unpaired) electrons. The lowest BCUT2D eigenvalue weighted by Crippen LogP contribution is -2.05. The number of carbonyl (C=O) groups excluding carboxylic acids is 1. The number of ether oxygens (including phenoxy) is 1. The SMILES string of the molecule is COc1ccc(C)cc1CC(=O)c1cc(Cl)cc(Cl)c1. The Kier molecular flexibility index (Phi) is 4.69. The standard InChI is InChI=1S/C16H14Cl2O2/c1-10-3-4-16(20-2)12(5-10)8-15(19)11-6-13(17)9-14(18)7-11/h3-7,9H,8H2,1-2H3. The Hall–Kier alpha value is -1.51. The van der Waals surface area contributed by atoms with Gasteiger partial charge in [0.05, 0.1) is 7.11 Å². The first-order valence-electron chi connectivity index (χ1n) is 6.12. The maximum Gasteiger partial charge on any atom is 0.167 e. The van der Waals surface area contributed by atoms with Gasteiger partial charge < -0.3 is 4.74 Å². The molecule has 4 heteroatoms. The molecule has 0 aliphatic carbocycles. The lowest BCUT2D eigenvalue weighted by Gasteiger charge is -2.09. The number of carbonyl (C=O) groups is 1. The summed E-state index contributed by atoms with van der Waals surface area (Å²) in [6.45, 7) is 1.98. The van der Waals surface area contributed by atoms with Crippen LogP contribution in [0.4, 0.5) is 0 Å². The minimum atomic E-state index is -0.0432. The molecule has 20 heavy (non-hydrogen) atoms. The number of ketones is 1. The van der Waals surface area contributed by atoms with Gasteiger partial charge in [-0.15, -0.1) is 0 Å². The zero-order valence-corrected chi connectivity index (χ0v) is 12.8. The minimum absolute atomic E-state index is 0.0432. The number of methoxy groups -OCH3 is 1. The van der Waals surface area contributed by atoms with E-state index in [4.69, 9.17) is 27.9 Å². The summed E-state index contributed by atoms with van der Waals surface area (Å²) in [7, 11) is 1.59. The average Bonchev–Trinajstić information content (AvgIpc) is 2.37. The van der Waals surface area contributed by atoms with Gasteiger partial charge in [0.2, 0.25) is 0 Å². The van der Waals surface area contributed by atoms with Crippen LogP contribution in [0.2, 0.25) is 10.0 Å². The van der Waals surface area contributed by atoms with Crippen molar-refractivity contribution in [3.05, 3.63) is 63.1 Å². The molecule has 0 unspecified atom stereocenters. The second kappa shape index (κ2) is 6.29. The third-order valence-corrected chi connectivity index (χ3v) is 3.41. The Morgan fingerprint density at radius 1 is 1.10 bits per heavy atom. The summed E-state index contributed by atoms with van der Waals surface area (Å²) in [6, 6.07) is 10.6. The molecule has 0 fully saturated rings. The number of benzene rings is 2. The van der Waals surface area contributed by atoms with E-state index >= 15 is 0 Å². The van der Waals surface area contributed by atoms with E-state index in [1.54, 1.807) is 25.3 Å². The number of hydrogen-bond donors (Lipinski definition) is 0. The summed E-state index contributed by atoms with van der Waals surface area (Å²) >= 11 is 11.8. The van der Waals surface area contributed by atoms with Crippen molar-refractivity contribution in [1.29, 1.82) is 0 Å². The predicted molar refractivity (Wildman–Crippen MR) is 82.2 cm³/mol. The number of aryl methyl sites for hydroxylation is 1. The van der Waals surface area contributed by atoms with Crippen LogP contribution in [0.5, 0.6) is 5.75 Å². The molecule has 0 amide bonds. The molecule has 2 aromatic carbocycles. The monoisotopic (exact) mass is 308 g/mol. The highest BCUT2D eigenvalue weighted by atomic mass is 35.5. The highest BCUT2D eigenvalue weighted by Gasteiger charge is 2.12. The smallest absolute Gasteiger partial charge is 0.167 e. The van der Waals surface area contributed by atoms with Crippen LogP contribution < -0.4 is 4.74 Å². The van der Waals surface area contributed by atoms with Crippen LogP contribution in [0.1, 0.15) is 21.5 Å². The fourth-order valence-electron chi connectivity index (χ4n) is 2.04. The molecule has 2 aromatic rings. The van der Waals surface area contributed by atoms with Crippen molar-refractivity contribution in [2.45, 2.75) is 13.3 Å². The molecule has 0 saturated carbocycles. The van der Waals surface area contributed by atoms with Gasteiger partial charge in [-0.3, -0.25) is 4.79 Å². The molecule has 0 bridgehead atoms. The van der Waals surface area contributed by atoms with Gasteiger partial charge in [0.1, 0.15) is 5.75 Å². The summed E-state index contributed by atoms with van der Waals surface area (Å²) < 4.78 is 5.28. The molecular formula is C16H14Cl2O2. The van der Waals surface area contributed by atoms with E-state index in [1.807, 2.05) is 25.1 Å². The van der Waals surface area contributed by atoms with Crippen LogP contribution in [-0.2, 0) is 6.42 Å². The molecule has 0 aliphatic heterocycles. The lowest BCUT2D eigenvalue weighted by atomic mass is 10.0. The second-order valence-corrected chi connectivity index (χ2v) is 5.45. The van der Waals surface area contributed by atoms with E-state index in [9.17, 15) is 4.79 Å². The number of halogens is 2. The fourth-order valence-corrected chi connectivity index (χ4v) is 2.56. The number of Topliss-reactive ketones (excluding diaryl/α,β-unsaturated/α-hetero) is 1. The summed E-state index contributed by atoms with van der Waals surface area (Å²) in [6.07, 6.45) is 0.252. The highest BCUT2D eigenvalue weighted by molar-refractivity contribution is 6.35. The van der Waals surface area contributed by atoms with Crippen LogP contribution in [0.15, 0.2) is 36.4 Å². The Balaban J connectivity index is 2.29. The number of hydrogen-bond acceptors (Lipinski definition) is 2. The van der Waals surface area contributed by atoms with Crippen LogP contribution in [0.3, 0.4) is 0 Å². The summed E-state index contributed by atoms with van der Waals surface area (Å²) in [5, 5.41) is 0.911. The highest BCUT2D eigenvalue weighted by Crippen LogP contribution is 2.24. The average molecular weight is 309 g/mol. The first kappa shape index (κ1) is 14.9. The van der Waals surface area contributed by atoms with Crippen molar-refractivity contribution in [2.24, 2.45) is 0 Å². The first-order chi connectivity index (χ1) is 9.49. The topological polar surface area (TPSA) is 26.3 Å². The Morgan fingerprint density at radius 3 is 2.35 bits per heavy atom. The third kappa shape index (κ3) is 3.53. The number of rotatable bonds is 4. The van der Waals surface area contributed by atoms with Crippen molar-refractivity contribution in [1.82, 2.24) is 0 Å². The maximum absolute atomic E-state index is 12.3. The summed E-state index contributed by atoms with van der Waals surface area (Å²) in [4.78, 5) is 12.3. The van der Waals surface area contributed by atoms with Crippen molar-refractivity contribution < 1.29 is 9.53 Å². The first-order valence-corrected chi connectivity index (χ1v) is 6.88.